The molecule has 36 heavy (non-hydrogen) atoms. The molecule has 0 fully saturated rings. The van der Waals surface area contributed by atoms with Crippen molar-refractivity contribution in [1.82, 2.24) is 19.7 Å². The number of benzene rings is 2. The van der Waals surface area contributed by atoms with Crippen LogP contribution in [0.1, 0.15) is 24.1 Å². The van der Waals surface area contributed by atoms with Gasteiger partial charge in [0.05, 0.1) is 31.7 Å². The first-order valence-corrected chi connectivity index (χ1v) is 11.4. The highest BCUT2D eigenvalue weighted by molar-refractivity contribution is 6.06. The van der Waals surface area contributed by atoms with E-state index in [-0.39, 0.29) is 5.91 Å². The van der Waals surface area contributed by atoms with Crippen LogP contribution in [-0.2, 0) is 4.79 Å². The molecule has 182 valence electrons. The van der Waals surface area contributed by atoms with Crippen LogP contribution in [0, 0.1) is 6.92 Å². The van der Waals surface area contributed by atoms with E-state index in [9.17, 15) is 4.79 Å². The molecule has 0 bridgehead atoms. The van der Waals surface area contributed by atoms with Crippen LogP contribution in [-0.4, -0.2) is 39.9 Å². The summed E-state index contributed by atoms with van der Waals surface area (Å²) in [4.78, 5) is 22.5. The standard InChI is InChI=1S/C27H26N6O3/c1-16-7-5-8-18(13-16)25-31-27-29-17(2)23(26(34)30-19-9-6-12-28-15-19)24(33(27)32-25)21-14-20(35-3)10-11-22(21)36-4/h5-15,24H,1-4H3,(H,30,34)(H,29,31,32). The number of rotatable bonds is 6. The number of methoxy groups -OCH3 is 2. The van der Waals surface area contributed by atoms with E-state index in [1.54, 1.807) is 43.4 Å². The summed E-state index contributed by atoms with van der Waals surface area (Å²) in [6.07, 6.45) is 3.25. The van der Waals surface area contributed by atoms with Crippen LogP contribution < -0.4 is 20.1 Å². The maximum atomic E-state index is 13.7. The van der Waals surface area contributed by atoms with Crippen molar-refractivity contribution in [3.05, 3.63) is 89.4 Å². The van der Waals surface area contributed by atoms with E-state index in [4.69, 9.17) is 19.6 Å². The number of aryl methyl sites for hydroxylation is 1. The minimum Gasteiger partial charge on any atom is -0.497 e. The molecule has 2 aromatic carbocycles. The quantitative estimate of drug-likeness (QED) is 0.414. The van der Waals surface area contributed by atoms with Crippen molar-refractivity contribution < 1.29 is 14.3 Å². The number of amides is 1. The first kappa shape index (κ1) is 23.1. The SMILES string of the molecule is COc1ccc(OC)c(C2C(C(=O)Nc3cccnc3)=C(C)Nc3nc(-c4cccc(C)c4)nn32)c1. The molecule has 2 N–H and O–H groups in total. The van der Waals surface area contributed by atoms with E-state index in [2.05, 4.69) is 15.6 Å². The normalized spacial score (nSPS) is 14.6. The molecule has 0 spiro atoms. The topological polar surface area (TPSA) is 103 Å². The first-order valence-electron chi connectivity index (χ1n) is 11.4. The zero-order valence-corrected chi connectivity index (χ0v) is 20.4. The maximum Gasteiger partial charge on any atom is 0.255 e. The number of aromatic nitrogens is 4. The van der Waals surface area contributed by atoms with Crippen molar-refractivity contribution in [2.75, 3.05) is 24.9 Å². The molecule has 9 nitrogen and oxygen atoms in total. The van der Waals surface area contributed by atoms with Gasteiger partial charge in [-0.05, 0) is 50.2 Å². The molecule has 1 aliphatic heterocycles. The minimum absolute atomic E-state index is 0.291. The molecule has 0 radical (unpaired) electrons. The van der Waals surface area contributed by atoms with Crippen molar-refractivity contribution in [3.63, 3.8) is 0 Å². The number of nitrogens with one attached hydrogen (secondary N) is 2. The summed E-state index contributed by atoms with van der Waals surface area (Å²) in [6, 6.07) is 16.4. The fourth-order valence-corrected chi connectivity index (χ4v) is 4.33. The van der Waals surface area contributed by atoms with Crippen LogP contribution >= 0.6 is 0 Å². The average molecular weight is 483 g/mol. The number of ether oxygens (including phenoxy) is 2. The molecule has 1 atom stereocenters. The van der Waals surface area contributed by atoms with Crippen LogP contribution in [0.5, 0.6) is 11.5 Å². The van der Waals surface area contributed by atoms with Gasteiger partial charge >= 0.3 is 0 Å². The van der Waals surface area contributed by atoms with Crippen molar-refractivity contribution in [2.24, 2.45) is 0 Å². The van der Waals surface area contributed by atoms with Gasteiger partial charge in [-0.2, -0.15) is 4.98 Å². The number of anilines is 2. The number of pyridine rings is 1. The summed E-state index contributed by atoms with van der Waals surface area (Å²) >= 11 is 0. The molecule has 0 saturated heterocycles. The molecular formula is C27H26N6O3. The van der Waals surface area contributed by atoms with Gasteiger partial charge in [-0.1, -0.05) is 23.8 Å². The Kier molecular flexibility index (Phi) is 6.12. The summed E-state index contributed by atoms with van der Waals surface area (Å²) in [7, 11) is 3.20. The Morgan fingerprint density at radius 3 is 2.64 bits per heavy atom. The third-order valence-electron chi connectivity index (χ3n) is 6.02. The van der Waals surface area contributed by atoms with Gasteiger partial charge in [0.15, 0.2) is 5.82 Å². The molecule has 4 aromatic rings. The maximum absolute atomic E-state index is 13.7. The Morgan fingerprint density at radius 1 is 1.06 bits per heavy atom. The smallest absolute Gasteiger partial charge is 0.255 e. The van der Waals surface area contributed by atoms with Crippen LogP contribution in [0.15, 0.2) is 78.3 Å². The van der Waals surface area contributed by atoms with E-state index >= 15 is 0 Å². The first-order chi connectivity index (χ1) is 17.5. The van der Waals surface area contributed by atoms with Crippen LogP contribution in [0.2, 0.25) is 0 Å². The predicted octanol–water partition coefficient (Wildman–Crippen LogP) is 4.59. The molecule has 0 saturated carbocycles. The fourth-order valence-electron chi connectivity index (χ4n) is 4.33. The summed E-state index contributed by atoms with van der Waals surface area (Å²) in [6.45, 7) is 3.87. The van der Waals surface area contributed by atoms with E-state index in [0.29, 0.717) is 40.2 Å². The monoisotopic (exact) mass is 482 g/mol. The fraction of sp³-hybridized carbons (Fsp3) is 0.185. The highest BCUT2D eigenvalue weighted by Crippen LogP contribution is 2.41. The van der Waals surface area contributed by atoms with Crippen LogP contribution in [0.3, 0.4) is 0 Å². The Hall–Kier alpha value is -4.66. The van der Waals surface area contributed by atoms with Gasteiger partial charge in [0.2, 0.25) is 5.95 Å². The summed E-state index contributed by atoms with van der Waals surface area (Å²) in [5, 5.41) is 11.1. The van der Waals surface area contributed by atoms with Gasteiger partial charge in [-0.25, -0.2) is 4.68 Å². The largest absolute Gasteiger partial charge is 0.497 e. The molecule has 9 heteroatoms. The van der Waals surface area contributed by atoms with E-state index < -0.39 is 6.04 Å². The third-order valence-corrected chi connectivity index (χ3v) is 6.02. The van der Waals surface area contributed by atoms with Crippen molar-refractivity contribution in [1.29, 1.82) is 0 Å². The zero-order chi connectivity index (χ0) is 25.2. The lowest BCUT2D eigenvalue weighted by molar-refractivity contribution is -0.113. The van der Waals surface area contributed by atoms with Gasteiger partial charge < -0.3 is 20.1 Å². The number of carbonyl (C=O) groups is 1. The van der Waals surface area contributed by atoms with Gasteiger partial charge in [-0.15, -0.1) is 5.10 Å². The second kappa shape index (κ2) is 9.53. The van der Waals surface area contributed by atoms with E-state index in [1.807, 2.05) is 56.3 Å². The van der Waals surface area contributed by atoms with Gasteiger partial charge in [0, 0.05) is 23.0 Å². The third kappa shape index (κ3) is 4.26. The van der Waals surface area contributed by atoms with Gasteiger partial charge in [0.1, 0.15) is 17.5 Å². The summed E-state index contributed by atoms with van der Waals surface area (Å²) < 4.78 is 12.9. The Labute approximate surface area is 208 Å². The van der Waals surface area contributed by atoms with Gasteiger partial charge in [-0.3, -0.25) is 9.78 Å². The Balaban J connectivity index is 1.67. The average Bonchev–Trinajstić information content (AvgIpc) is 3.31. The number of nitrogens with zero attached hydrogens (tertiary/aromatic N) is 4. The number of carbonyl (C=O) groups excluding carboxylic acids is 1. The highest BCUT2D eigenvalue weighted by atomic mass is 16.5. The minimum atomic E-state index is -0.631. The summed E-state index contributed by atoms with van der Waals surface area (Å²) in [5.74, 6) is 2.02. The molecule has 2 aromatic heterocycles. The van der Waals surface area contributed by atoms with Gasteiger partial charge in [0.25, 0.3) is 5.91 Å². The molecular weight excluding hydrogens is 456 g/mol. The van der Waals surface area contributed by atoms with Crippen molar-refractivity contribution in [3.8, 4) is 22.9 Å². The highest BCUT2D eigenvalue weighted by Gasteiger charge is 2.36. The lowest BCUT2D eigenvalue weighted by atomic mass is 9.94. The predicted molar refractivity (Wildman–Crippen MR) is 137 cm³/mol. The molecule has 5 rings (SSSR count). The lowest BCUT2D eigenvalue weighted by Crippen LogP contribution is -2.31. The number of hydrogen-bond acceptors (Lipinski definition) is 7. The van der Waals surface area contributed by atoms with Crippen LogP contribution in [0.25, 0.3) is 11.4 Å². The zero-order valence-electron chi connectivity index (χ0n) is 20.4. The molecule has 1 unspecified atom stereocenters. The van der Waals surface area contributed by atoms with E-state index in [0.717, 1.165) is 16.7 Å². The Bertz CT molecular complexity index is 1460. The van der Waals surface area contributed by atoms with Crippen molar-refractivity contribution >= 4 is 17.5 Å². The number of fused-ring (bicyclic) bond motifs is 1. The van der Waals surface area contributed by atoms with E-state index in [1.165, 1.54) is 0 Å². The molecule has 1 amide bonds. The molecule has 0 aliphatic carbocycles. The van der Waals surface area contributed by atoms with Crippen molar-refractivity contribution in [2.45, 2.75) is 19.9 Å². The molecule has 1 aliphatic rings. The van der Waals surface area contributed by atoms with Crippen LogP contribution in [0.4, 0.5) is 11.6 Å². The number of allylic oxidation sites excluding steroid dienone is 1. The number of hydrogen-bond donors (Lipinski definition) is 2. The molecule has 3 heterocycles. The second-order valence-electron chi connectivity index (χ2n) is 8.44. The lowest BCUT2D eigenvalue weighted by Gasteiger charge is -2.29. The summed E-state index contributed by atoms with van der Waals surface area (Å²) in [5.41, 5.74) is 4.42. The second-order valence-corrected chi connectivity index (χ2v) is 8.44. The Morgan fingerprint density at radius 2 is 1.92 bits per heavy atom.